The molecule has 1 unspecified atom stereocenters. The number of urea groups is 2. The van der Waals surface area contributed by atoms with Crippen molar-refractivity contribution in [2.45, 2.75) is 51.3 Å². The van der Waals surface area contributed by atoms with Crippen molar-refractivity contribution in [2.24, 2.45) is 0 Å². The lowest BCUT2D eigenvalue weighted by molar-refractivity contribution is 0.105. The van der Waals surface area contributed by atoms with Gasteiger partial charge in [-0.2, -0.15) is 0 Å². The molecule has 3 saturated heterocycles. The van der Waals surface area contributed by atoms with Crippen molar-refractivity contribution in [1.82, 2.24) is 20.0 Å². The first kappa shape index (κ1) is 20.0. The van der Waals surface area contributed by atoms with Crippen molar-refractivity contribution in [2.75, 3.05) is 39.3 Å². The van der Waals surface area contributed by atoms with Crippen LogP contribution in [0.5, 0.6) is 0 Å². The molecular weight excluding hydrogens is 368 g/mol. The van der Waals surface area contributed by atoms with Crippen LogP contribution in [0, 0.1) is 6.92 Å². The molecule has 0 aromatic heterocycles. The standard InChI is InChI=1S/C22H32N4O3/c1-17-4-6-18(7-5-17)16-25-12-13-26(22(25)28)19-8-10-24(11-9-19)21(27)23-15-20-3-2-14-29-20/h4-7,19-20H,2-3,8-16H2,1H3,(H,23,27). The minimum absolute atomic E-state index is 0.00676. The van der Waals surface area contributed by atoms with E-state index in [2.05, 4.69) is 36.5 Å². The van der Waals surface area contributed by atoms with Crippen LogP contribution in [0.1, 0.15) is 36.8 Å². The third kappa shape index (κ3) is 4.83. The molecule has 1 aromatic rings. The molecule has 7 heteroatoms. The topological polar surface area (TPSA) is 65.1 Å². The van der Waals surface area contributed by atoms with E-state index in [1.165, 1.54) is 11.1 Å². The average molecular weight is 401 g/mol. The molecule has 3 aliphatic heterocycles. The molecule has 158 valence electrons. The molecule has 0 saturated carbocycles. The first-order valence-electron chi connectivity index (χ1n) is 10.9. The number of piperidine rings is 1. The molecule has 29 heavy (non-hydrogen) atoms. The van der Waals surface area contributed by atoms with Crippen LogP contribution in [-0.2, 0) is 11.3 Å². The summed E-state index contributed by atoms with van der Waals surface area (Å²) < 4.78 is 5.56. The smallest absolute Gasteiger partial charge is 0.320 e. The largest absolute Gasteiger partial charge is 0.376 e. The summed E-state index contributed by atoms with van der Waals surface area (Å²) in [4.78, 5) is 31.1. The van der Waals surface area contributed by atoms with Gasteiger partial charge in [-0.15, -0.1) is 0 Å². The number of likely N-dealkylation sites (tertiary alicyclic amines) is 1. The summed E-state index contributed by atoms with van der Waals surface area (Å²) in [6.45, 7) is 7.08. The van der Waals surface area contributed by atoms with Gasteiger partial charge in [0, 0.05) is 51.9 Å². The number of ether oxygens (including phenoxy) is 1. The van der Waals surface area contributed by atoms with Gasteiger partial charge in [-0.1, -0.05) is 29.8 Å². The number of hydrogen-bond acceptors (Lipinski definition) is 3. The highest BCUT2D eigenvalue weighted by molar-refractivity contribution is 5.77. The number of nitrogens with zero attached hydrogens (tertiary/aromatic N) is 3. The molecule has 0 spiro atoms. The summed E-state index contributed by atoms with van der Waals surface area (Å²) in [5, 5.41) is 3.00. The van der Waals surface area contributed by atoms with Gasteiger partial charge in [-0.05, 0) is 38.2 Å². The van der Waals surface area contributed by atoms with Crippen LogP contribution in [0.4, 0.5) is 9.59 Å². The number of hydrogen-bond donors (Lipinski definition) is 1. The first-order valence-corrected chi connectivity index (χ1v) is 10.9. The second kappa shape index (κ2) is 9.03. The summed E-state index contributed by atoms with van der Waals surface area (Å²) in [5.41, 5.74) is 2.40. The predicted octanol–water partition coefficient (Wildman–Crippen LogP) is 2.59. The summed E-state index contributed by atoms with van der Waals surface area (Å²) in [5.74, 6) is 0. The van der Waals surface area contributed by atoms with Gasteiger partial charge in [0.15, 0.2) is 0 Å². The van der Waals surface area contributed by atoms with Gasteiger partial charge < -0.3 is 24.8 Å². The molecule has 3 fully saturated rings. The lowest BCUT2D eigenvalue weighted by Gasteiger charge is -2.36. The Bertz CT molecular complexity index is 709. The Labute approximate surface area is 173 Å². The van der Waals surface area contributed by atoms with Gasteiger partial charge in [0.25, 0.3) is 0 Å². The maximum atomic E-state index is 12.9. The zero-order chi connectivity index (χ0) is 20.2. The normalized spacial score (nSPS) is 23.1. The number of carbonyl (C=O) groups is 2. The Balaban J connectivity index is 1.22. The zero-order valence-electron chi connectivity index (χ0n) is 17.3. The van der Waals surface area contributed by atoms with E-state index in [1.54, 1.807) is 0 Å². The minimum Gasteiger partial charge on any atom is -0.376 e. The third-order valence-corrected chi connectivity index (χ3v) is 6.32. The highest BCUT2D eigenvalue weighted by Gasteiger charge is 2.36. The fourth-order valence-corrected chi connectivity index (χ4v) is 4.50. The Morgan fingerprint density at radius 1 is 1.10 bits per heavy atom. The third-order valence-electron chi connectivity index (χ3n) is 6.32. The molecule has 1 aromatic carbocycles. The van der Waals surface area contributed by atoms with E-state index in [-0.39, 0.29) is 24.2 Å². The van der Waals surface area contributed by atoms with Gasteiger partial charge in [0.1, 0.15) is 0 Å². The van der Waals surface area contributed by atoms with Crippen molar-refractivity contribution in [1.29, 1.82) is 0 Å². The Kier molecular flexibility index (Phi) is 6.23. The molecule has 0 aliphatic carbocycles. The summed E-state index contributed by atoms with van der Waals surface area (Å²) in [6, 6.07) is 8.73. The van der Waals surface area contributed by atoms with Crippen molar-refractivity contribution in [3.8, 4) is 0 Å². The Morgan fingerprint density at radius 2 is 1.86 bits per heavy atom. The van der Waals surface area contributed by atoms with E-state index in [0.29, 0.717) is 26.2 Å². The number of benzene rings is 1. The minimum atomic E-state index is -0.00676. The summed E-state index contributed by atoms with van der Waals surface area (Å²) >= 11 is 0. The molecule has 4 rings (SSSR count). The van der Waals surface area contributed by atoms with Crippen molar-refractivity contribution in [3.05, 3.63) is 35.4 Å². The van der Waals surface area contributed by atoms with Crippen LogP contribution >= 0.6 is 0 Å². The van der Waals surface area contributed by atoms with Crippen LogP contribution < -0.4 is 5.32 Å². The van der Waals surface area contributed by atoms with Crippen LogP contribution in [0.3, 0.4) is 0 Å². The van der Waals surface area contributed by atoms with E-state index in [9.17, 15) is 9.59 Å². The van der Waals surface area contributed by atoms with Crippen molar-refractivity contribution in [3.63, 3.8) is 0 Å². The maximum Gasteiger partial charge on any atom is 0.320 e. The van der Waals surface area contributed by atoms with Crippen LogP contribution in [-0.4, -0.2) is 78.2 Å². The molecule has 1 atom stereocenters. The van der Waals surface area contributed by atoms with Crippen LogP contribution in [0.15, 0.2) is 24.3 Å². The molecule has 4 amide bonds. The lowest BCUT2D eigenvalue weighted by atomic mass is 10.0. The van der Waals surface area contributed by atoms with Gasteiger partial charge in [-0.3, -0.25) is 0 Å². The second-order valence-electron chi connectivity index (χ2n) is 8.42. The quantitative estimate of drug-likeness (QED) is 0.826. The first-order chi connectivity index (χ1) is 14.1. The van der Waals surface area contributed by atoms with Gasteiger partial charge in [0.05, 0.1) is 6.10 Å². The molecular formula is C22H32N4O3. The van der Waals surface area contributed by atoms with E-state index in [4.69, 9.17) is 4.74 Å². The van der Waals surface area contributed by atoms with E-state index in [0.717, 1.165) is 45.4 Å². The van der Waals surface area contributed by atoms with Gasteiger partial charge in [-0.25, -0.2) is 9.59 Å². The maximum absolute atomic E-state index is 12.9. The van der Waals surface area contributed by atoms with Crippen LogP contribution in [0.2, 0.25) is 0 Å². The fourth-order valence-electron chi connectivity index (χ4n) is 4.50. The second-order valence-corrected chi connectivity index (χ2v) is 8.42. The number of carbonyl (C=O) groups excluding carboxylic acids is 2. The molecule has 1 N–H and O–H groups in total. The predicted molar refractivity (Wildman–Crippen MR) is 111 cm³/mol. The summed E-state index contributed by atoms with van der Waals surface area (Å²) in [6.07, 6.45) is 3.96. The molecule has 3 heterocycles. The van der Waals surface area contributed by atoms with Crippen LogP contribution in [0.25, 0.3) is 0 Å². The average Bonchev–Trinajstić information content (AvgIpc) is 3.38. The molecule has 0 bridgehead atoms. The highest BCUT2D eigenvalue weighted by atomic mass is 16.5. The number of rotatable bonds is 5. The fraction of sp³-hybridized carbons (Fsp3) is 0.636. The van der Waals surface area contributed by atoms with E-state index in [1.807, 2.05) is 14.7 Å². The SMILES string of the molecule is Cc1ccc(CN2CCN(C3CCN(C(=O)NCC4CCCO4)CC3)C2=O)cc1. The van der Waals surface area contributed by atoms with Crippen molar-refractivity contribution >= 4 is 12.1 Å². The van der Waals surface area contributed by atoms with Gasteiger partial charge >= 0.3 is 12.1 Å². The molecule has 7 nitrogen and oxygen atoms in total. The van der Waals surface area contributed by atoms with Crippen molar-refractivity contribution < 1.29 is 14.3 Å². The van der Waals surface area contributed by atoms with Gasteiger partial charge in [0.2, 0.25) is 0 Å². The Morgan fingerprint density at radius 3 is 2.55 bits per heavy atom. The Hall–Kier alpha value is -2.28. The highest BCUT2D eigenvalue weighted by Crippen LogP contribution is 2.23. The monoisotopic (exact) mass is 400 g/mol. The van der Waals surface area contributed by atoms with E-state index < -0.39 is 0 Å². The molecule has 3 aliphatic rings. The van der Waals surface area contributed by atoms with E-state index >= 15 is 0 Å². The number of nitrogens with one attached hydrogen (secondary N) is 1. The number of amides is 4. The molecule has 0 radical (unpaired) electrons. The number of aryl methyl sites for hydroxylation is 1. The zero-order valence-corrected chi connectivity index (χ0v) is 17.3. The summed E-state index contributed by atoms with van der Waals surface area (Å²) in [7, 11) is 0. The lowest BCUT2D eigenvalue weighted by Crippen LogP contribution is -2.51.